The molecule has 0 radical (unpaired) electrons. The van der Waals surface area contributed by atoms with Gasteiger partial charge in [-0.1, -0.05) is 49.8 Å². The molecule has 3 rings (SSSR count). The molecule has 8 heteroatoms. The van der Waals surface area contributed by atoms with Gasteiger partial charge in [-0.25, -0.2) is 9.97 Å². The first-order valence-electron chi connectivity index (χ1n) is 10.7. The minimum atomic E-state index is -1.20. The maximum absolute atomic E-state index is 10.6. The lowest BCUT2D eigenvalue weighted by molar-refractivity contribution is -0.0203. The van der Waals surface area contributed by atoms with Crippen LogP contribution in [0, 0.1) is 6.92 Å². The van der Waals surface area contributed by atoms with Crippen molar-refractivity contribution in [1.82, 2.24) is 9.97 Å². The monoisotopic (exact) mass is 428 g/mol. The van der Waals surface area contributed by atoms with Crippen molar-refractivity contribution < 1.29 is 20.1 Å². The van der Waals surface area contributed by atoms with Crippen molar-refractivity contribution in [3.63, 3.8) is 0 Å². The maximum atomic E-state index is 10.6. The topological polar surface area (TPSA) is 111 Å². The zero-order chi connectivity index (χ0) is 22.4. The molecule has 168 valence electrons. The largest absolute Gasteiger partial charge is 0.394 e. The van der Waals surface area contributed by atoms with E-state index in [1.54, 1.807) is 4.90 Å². The van der Waals surface area contributed by atoms with E-state index in [0.29, 0.717) is 11.6 Å². The Morgan fingerprint density at radius 1 is 1.19 bits per heavy atom. The van der Waals surface area contributed by atoms with Gasteiger partial charge in [-0.05, 0) is 25.8 Å². The third kappa shape index (κ3) is 5.22. The first-order chi connectivity index (χ1) is 15.0. The van der Waals surface area contributed by atoms with Crippen LogP contribution in [0.4, 0.5) is 11.6 Å². The Bertz CT molecular complexity index is 864. The third-order valence-electron chi connectivity index (χ3n) is 5.47. The van der Waals surface area contributed by atoms with Gasteiger partial charge in [-0.2, -0.15) is 0 Å². The lowest BCUT2D eigenvalue weighted by Crippen LogP contribution is -2.42. The van der Waals surface area contributed by atoms with E-state index in [1.807, 2.05) is 49.5 Å². The number of aliphatic hydroxyl groups excluding tert-OH is 3. The minimum Gasteiger partial charge on any atom is -0.394 e. The lowest BCUT2D eigenvalue weighted by Gasteiger charge is -2.30. The summed E-state index contributed by atoms with van der Waals surface area (Å²) in [5.41, 5.74) is 1.91. The van der Waals surface area contributed by atoms with Gasteiger partial charge in [0.2, 0.25) is 0 Å². The molecule has 5 atom stereocenters. The van der Waals surface area contributed by atoms with Crippen LogP contribution in [0.15, 0.2) is 48.9 Å². The molecule has 4 N–H and O–H groups in total. The van der Waals surface area contributed by atoms with Gasteiger partial charge in [0.25, 0.3) is 0 Å². The van der Waals surface area contributed by atoms with Gasteiger partial charge in [-0.15, -0.1) is 0 Å². The van der Waals surface area contributed by atoms with Gasteiger partial charge in [0.15, 0.2) is 6.23 Å². The molecule has 1 fully saturated rings. The molecule has 1 aliphatic heterocycles. The summed E-state index contributed by atoms with van der Waals surface area (Å²) < 4.78 is 5.77. The second-order valence-corrected chi connectivity index (χ2v) is 7.76. The summed E-state index contributed by atoms with van der Waals surface area (Å²) in [6.07, 6.45) is 2.92. The molecule has 8 nitrogen and oxygen atoms in total. The number of aliphatic hydroxyl groups is 3. The summed E-state index contributed by atoms with van der Waals surface area (Å²) >= 11 is 0. The van der Waals surface area contributed by atoms with Crippen LogP contribution < -0.4 is 10.2 Å². The number of allylic oxidation sites excluding steroid dienone is 1. The molecule has 0 bridgehead atoms. The molecular formula is C23H32N4O4. The predicted molar refractivity (Wildman–Crippen MR) is 120 cm³/mol. The quantitative estimate of drug-likeness (QED) is 0.482. The smallest absolute Gasteiger partial charge is 0.164 e. The highest BCUT2D eigenvalue weighted by Gasteiger charge is 2.45. The zero-order valence-electron chi connectivity index (χ0n) is 18.2. The summed E-state index contributed by atoms with van der Waals surface area (Å²) in [4.78, 5) is 10.6. The van der Waals surface area contributed by atoms with E-state index >= 15 is 0 Å². The van der Waals surface area contributed by atoms with Gasteiger partial charge in [0.1, 0.15) is 36.3 Å². The molecule has 2 aromatic rings. The van der Waals surface area contributed by atoms with Crippen LogP contribution in [0.1, 0.15) is 43.9 Å². The van der Waals surface area contributed by atoms with E-state index in [-0.39, 0.29) is 12.6 Å². The fourth-order valence-corrected chi connectivity index (χ4v) is 3.62. The van der Waals surface area contributed by atoms with Crippen LogP contribution in [0.25, 0.3) is 0 Å². The summed E-state index contributed by atoms with van der Waals surface area (Å²) in [6, 6.07) is 10.1. The van der Waals surface area contributed by atoms with Gasteiger partial charge >= 0.3 is 0 Å². The normalized spacial score (nSPS) is 24.5. The molecule has 1 aromatic carbocycles. The molecule has 1 aliphatic rings. The van der Waals surface area contributed by atoms with E-state index in [0.717, 1.165) is 24.0 Å². The van der Waals surface area contributed by atoms with Crippen molar-refractivity contribution in [2.45, 2.75) is 64.2 Å². The molecule has 1 saturated heterocycles. The first-order valence-corrected chi connectivity index (χ1v) is 10.7. The molecule has 1 aromatic heterocycles. The van der Waals surface area contributed by atoms with E-state index in [9.17, 15) is 15.3 Å². The van der Waals surface area contributed by atoms with Crippen LogP contribution in [0.2, 0.25) is 0 Å². The number of aromatic nitrogens is 2. The third-order valence-corrected chi connectivity index (χ3v) is 5.47. The van der Waals surface area contributed by atoms with E-state index < -0.39 is 24.5 Å². The number of hydrogen-bond donors (Lipinski definition) is 4. The van der Waals surface area contributed by atoms with Crippen molar-refractivity contribution >= 4 is 11.6 Å². The summed E-state index contributed by atoms with van der Waals surface area (Å²) in [5, 5.41) is 33.7. The Labute approximate surface area is 183 Å². The highest BCUT2D eigenvalue weighted by atomic mass is 16.6. The van der Waals surface area contributed by atoms with Gasteiger partial charge in [0.05, 0.1) is 6.61 Å². The average molecular weight is 429 g/mol. The SMILES string of the molecule is CCCC=CN(c1ncnc(NC(C)c2ccccc2)c1C)C1OC(CO)C(O)C1O. The number of hydrogen-bond acceptors (Lipinski definition) is 8. The van der Waals surface area contributed by atoms with Crippen molar-refractivity contribution in [1.29, 1.82) is 0 Å². The fraction of sp³-hybridized carbons (Fsp3) is 0.478. The van der Waals surface area contributed by atoms with Crippen LogP contribution in [0.3, 0.4) is 0 Å². The molecule has 2 heterocycles. The van der Waals surface area contributed by atoms with Gasteiger partial charge in [0, 0.05) is 17.8 Å². The summed E-state index contributed by atoms with van der Waals surface area (Å²) in [7, 11) is 0. The lowest BCUT2D eigenvalue weighted by atomic mass is 10.1. The highest BCUT2D eigenvalue weighted by molar-refractivity contribution is 5.60. The Kier molecular flexibility index (Phi) is 7.97. The molecule has 31 heavy (non-hydrogen) atoms. The highest BCUT2D eigenvalue weighted by Crippen LogP contribution is 2.32. The number of rotatable bonds is 9. The number of unbranched alkanes of at least 4 members (excludes halogenated alkanes) is 1. The van der Waals surface area contributed by atoms with E-state index in [4.69, 9.17) is 4.74 Å². The Balaban J connectivity index is 1.91. The van der Waals surface area contributed by atoms with Crippen molar-refractivity contribution in [2.24, 2.45) is 0 Å². The minimum absolute atomic E-state index is 0.0284. The molecule has 5 unspecified atom stereocenters. The van der Waals surface area contributed by atoms with Crippen molar-refractivity contribution in [2.75, 3.05) is 16.8 Å². The second-order valence-electron chi connectivity index (χ2n) is 7.76. The maximum Gasteiger partial charge on any atom is 0.164 e. The van der Waals surface area contributed by atoms with Crippen LogP contribution in [-0.4, -0.2) is 56.4 Å². The molecule has 0 amide bonds. The van der Waals surface area contributed by atoms with Crippen LogP contribution >= 0.6 is 0 Å². The molecule has 0 spiro atoms. The molecular weight excluding hydrogens is 396 g/mol. The number of anilines is 2. The Morgan fingerprint density at radius 3 is 2.58 bits per heavy atom. The number of nitrogens with zero attached hydrogens (tertiary/aromatic N) is 3. The number of benzene rings is 1. The van der Waals surface area contributed by atoms with Crippen molar-refractivity contribution in [3.8, 4) is 0 Å². The number of ether oxygens (including phenoxy) is 1. The summed E-state index contributed by atoms with van der Waals surface area (Å²) in [5.74, 6) is 1.22. The second kappa shape index (κ2) is 10.7. The standard InChI is InChI=1S/C23H32N4O4/c1-4-5-9-12-27(23-20(30)19(29)18(13-28)31-23)22-15(2)21(24-14-25-22)26-16(3)17-10-7-6-8-11-17/h6-12,14,16,18-20,23,28-30H,4-5,13H2,1-3H3,(H,24,25,26). The summed E-state index contributed by atoms with van der Waals surface area (Å²) in [6.45, 7) is 5.65. The Morgan fingerprint density at radius 2 is 1.94 bits per heavy atom. The van der Waals surface area contributed by atoms with E-state index in [1.165, 1.54) is 6.33 Å². The number of nitrogens with one attached hydrogen (secondary N) is 1. The zero-order valence-corrected chi connectivity index (χ0v) is 18.2. The molecule has 0 aliphatic carbocycles. The van der Waals surface area contributed by atoms with Gasteiger partial charge < -0.3 is 30.3 Å². The first kappa shape index (κ1) is 23.1. The molecule has 0 saturated carbocycles. The fourth-order valence-electron chi connectivity index (χ4n) is 3.62. The Hall–Kier alpha value is -2.52. The van der Waals surface area contributed by atoms with Gasteiger partial charge in [-0.3, -0.25) is 0 Å². The predicted octanol–water partition coefficient (Wildman–Crippen LogP) is 2.52. The van der Waals surface area contributed by atoms with Crippen LogP contribution in [-0.2, 0) is 4.74 Å². The van der Waals surface area contributed by atoms with E-state index in [2.05, 4.69) is 29.1 Å². The van der Waals surface area contributed by atoms with Crippen LogP contribution in [0.5, 0.6) is 0 Å². The van der Waals surface area contributed by atoms with Crippen molar-refractivity contribution in [3.05, 3.63) is 60.1 Å². The average Bonchev–Trinajstić information content (AvgIpc) is 3.07.